The van der Waals surface area contributed by atoms with Crippen LogP contribution in [-0.2, 0) is 11.3 Å². The molecule has 0 unspecified atom stereocenters. The molecule has 4 rings (SSSR count). The predicted molar refractivity (Wildman–Crippen MR) is 90.5 cm³/mol. The molecule has 1 atom stereocenters. The molecule has 1 saturated heterocycles. The van der Waals surface area contributed by atoms with E-state index in [-0.39, 0.29) is 11.8 Å². The second-order valence-electron chi connectivity index (χ2n) is 6.80. The van der Waals surface area contributed by atoms with Crippen molar-refractivity contribution >= 4 is 17.1 Å². The second kappa shape index (κ2) is 6.84. The van der Waals surface area contributed by atoms with Crippen molar-refractivity contribution in [3.8, 4) is 0 Å². The summed E-state index contributed by atoms with van der Waals surface area (Å²) < 4.78 is 1.89. The highest BCUT2D eigenvalue weighted by Crippen LogP contribution is 2.27. The van der Waals surface area contributed by atoms with Crippen molar-refractivity contribution in [2.45, 2.75) is 44.6 Å². The lowest BCUT2D eigenvalue weighted by Gasteiger charge is -2.10. The summed E-state index contributed by atoms with van der Waals surface area (Å²) in [6.07, 6.45) is 8.92. The normalized spacial score (nSPS) is 21.6. The molecule has 1 aliphatic heterocycles. The molecule has 24 heavy (non-hydrogen) atoms. The van der Waals surface area contributed by atoms with Crippen molar-refractivity contribution in [2.24, 2.45) is 5.92 Å². The van der Waals surface area contributed by atoms with Gasteiger partial charge in [-0.2, -0.15) is 5.10 Å². The molecule has 1 amide bonds. The molecule has 2 aromatic heterocycles. The van der Waals surface area contributed by atoms with Crippen molar-refractivity contribution in [3.05, 3.63) is 18.1 Å². The van der Waals surface area contributed by atoms with Crippen molar-refractivity contribution < 1.29 is 4.79 Å². The van der Waals surface area contributed by atoms with E-state index >= 15 is 0 Å². The first-order valence-electron chi connectivity index (χ1n) is 8.99. The third-order valence-electron chi connectivity index (χ3n) is 5.19. The van der Waals surface area contributed by atoms with Gasteiger partial charge in [-0.15, -0.1) is 0 Å². The lowest BCUT2D eigenvalue weighted by molar-refractivity contribution is -0.124. The largest absolute Gasteiger partial charge is 0.354 e. The summed E-state index contributed by atoms with van der Waals surface area (Å²) in [6.45, 7) is 3.19. The topological polar surface area (TPSA) is 84.7 Å². The van der Waals surface area contributed by atoms with Gasteiger partial charge in [0.1, 0.15) is 5.52 Å². The molecule has 2 aromatic rings. The van der Waals surface area contributed by atoms with Crippen LogP contribution in [-0.4, -0.2) is 45.3 Å². The molecule has 7 nitrogen and oxygen atoms in total. The van der Waals surface area contributed by atoms with E-state index in [1.54, 1.807) is 12.4 Å². The third-order valence-corrected chi connectivity index (χ3v) is 5.19. The van der Waals surface area contributed by atoms with Gasteiger partial charge in [-0.05, 0) is 25.8 Å². The van der Waals surface area contributed by atoms with Crippen molar-refractivity contribution in [1.29, 1.82) is 0 Å². The molecule has 1 saturated carbocycles. The number of fused-ring (bicyclic) bond motifs is 1. The van der Waals surface area contributed by atoms with Gasteiger partial charge in [0.2, 0.25) is 5.91 Å². The Morgan fingerprint density at radius 1 is 1.25 bits per heavy atom. The Balaban J connectivity index is 1.46. The second-order valence-corrected chi connectivity index (χ2v) is 6.80. The van der Waals surface area contributed by atoms with Crippen LogP contribution >= 0.6 is 0 Å². The molecule has 2 fully saturated rings. The van der Waals surface area contributed by atoms with Gasteiger partial charge in [-0.25, -0.2) is 14.6 Å². The molecule has 0 radical (unpaired) electrons. The van der Waals surface area contributed by atoms with E-state index in [4.69, 9.17) is 5.10 Å². The molecular formula is C17H24N6O. The fourth-order valence-electron chi connectivity index (χ4n) is 3.86. The Morgan fingerprint density at radius 2 is 2.08 bits per heavy atom. The number of nitrogens with one attached hydrogen (secondary N) is 2. The van der Waals surface area contributed by atoms with Crippen LogP contribution < -0.4 is 10.6 Å². The van der Waals surface area contributed by atoms with E-state index in [1.165, 1.54) is 12.8 Å². The standard InChI is InChI=1S/C17H24N6O/c24-17(12-3-1-2-4-12)21-9-10-23-16-15(19-7-8-20-16)14(22-23)13-5-6-18-11-13/h7-8,12-13,18H,1-6,9-11H2,(H,21,24)/t13-/m0/s1. The monoisotopic (exact) mass is 328 g/mol. The molecule has 2 aliphatic rings. The van der Waals surface area contributed by atoms with Crippen molar-refractivity contribution in [1.82, 2.24) is 30.4 Å². The average molecular weight is 328 g/mol. The third kappa shape index (κ3) is 3.00. The van der Waals surface area contributed by atoms with E-state index in [9.17, 15) is 4.79 Å². The number of carbonyl (C=O) groups excluding carboxylic acids is 1. The van der Waals surface area contributed by atoms with Gasteiger partial charge >= 0.3 is 0 Å². The SMILES string of the molecule is O=C(NCCn1nc([C@H]2CCNC2)c2nccnc21)C1CCCC1. The zero-order chi connectivity index (χ0) is 16.4. The summed E-state index contributed by atoms with van der Waals surface area (Å²) in [6, 6.07) is 0. The molecule has 0 spiro atoms. The maximum atomic E-state index is 12.1. The van der Waals surface area contributed by atoms with Gasteiger partial charge in [-0.3, -0.25) is 4.79 Å². The van der Waals surface area contributed by atoms with Crippen LogP contribution in [0, 0.1) is 5.92 Å². The number of hydrogen-bond donors (Lipinski definition) is 2. The van der Waals surface area contributed by atoms with Gasteiger partial charge in [0.05, 0.1) is 12.2 Å². The number of rotatable bonds is 5. The quantitative estimate of drug-likeness (QED) is 0.862. The van der Waals surface area contributed by atoms with Crippen molar-refractivity contribution in [2.75, 3.05) is 19.6 Å². The number of hydrogen-bond acceptors (Lipinski definition) is 5. The summed E-state index contributed by atoms with van der Waals surface area (Å²) in [5.41, 5.74) is 2.74. The van der Waals surface area contributed by atoms with Crippen LogP contribution in [0.2, 0.25) is 0 Å². The Labute approximate surface area is 141 Å². The van der Waals surface area contributed by atoms with E-state index in [1.807, 2.05) is 4.68 Å². The van der Waals surface area contributed by atoms with E-state index in [2.05, 4.69) is 20.6 Å². The smallest absolute Gasteiger partial charge is 0.223 e. The zero-order valence-electron chi connectivity index (χ0n) is 13.9. The van der Waals surface area contributed by atoms with Gasteiger partial charge in [0.25, 0.3) is 0 Å². The van der Waals surface area contributed by atoms with Crippen LogP contribution in [0.4, 0.5) is 0 Å². The fraction of sp³-hybridized carbons (Fsp3) is 0.647. The van der Waals surface area contributed by atoms with E-state index in [0.717, 1.165) is 49.2 Å². The van der Waals surface area contributed by atoms with Crippen LogP contribution in [0.5, 0.6) is 0 Å². The Hall–Kier alpha value is -2.02. The van der Waals surface area contributed by atoms with Crippen LogP contribution in [0.3, 0.4) is 0 Å². The van der Waals surface area contributed by atoms with Crippen LogP contribution in [0.25, 0.3) is 11.2 Å². The first kappa shape index (κ1) is 15.5. The highest BCUT2D eigenvalue weighted by atomic mass is 16.1. The van der Waals surface area contributed by atoms with Gasteiger partial charge in [0, 0.05) is 37.3 Å². The molecule has 7 heteroatoms. The van der Waals surface area contributed by atoms with E-state index in [0.29, 0.717) is 19.0 Å². The molecule has 0 bridgehead atoms. The van der Waals surface area contributed by atoms with Crippen molar-refractivity contribution in [3.63, 3.8) is 0 Å². The number of nitrogens with zero attached hydrogens (tertiary/aromatic N) is 4. The highest BCUT2D eigenvalue weighted by Gasteiger charge is 2.25. The molecule has 0 aromatic carbocycles. The van der Waals surface area contributed by atoms with E-state index < -0.39 is 0 Å². The van der Waals surface area contributed by atoms with Gasteiger partial charge in [-0.1, -0.05) is 12.8 Å². The minimum absolute atomic E-state index is 0.190. The van der Waals surface area contributed by atoms with Crippen LogP contribution in [0.15, 0.2) is 12.4 Å². The minimum Gasteiger partial charge on any atom is -0.354 e. The zero-order valence-corrected chi connectivity index (χ0v) is 13.9. The average Bonchev–Trinajstić information content (AvgIpc) is 3.35. The fourth-order valence-corrected chi connectivity index (χ4v) is 3.86. The van der Waals surface area contributed by atoms with Gasteiger partial charge in [0.15, 0.2) is 5.65 Å². The Morgan fingerprint density at radius 3 is 2.88 bits per heavy atom. The summed E-state index contributed by atoms with van der Waals surface area (Å²) in [5, 5.41) is 11.2. The number of amides is 1. The summed E-state index contributed by atoms with van der Waals surface area (Å²) in [5.74, 6) is 0.799. The predicted octanol–water partition coefficient (Wildman–Crippen LogP) is 1.21. The number of aromatic nitrogens is 4. The van der Waals surface area contributed by atoms with Crippen LogP contribution in [0.1, 0.15) is 43.7 Å². The Kier molecular flexibility index (Phi) is 4.42. The highest BCUT2D eigenvalue weighted by molar-refractivity contribution is 5.78. The minimum atomic E-state index is 0.190. The molecule has 3 heterocycles. The maximum Gasteiger partial charge on any atom is 0.223 e. The first-order valence-corrected chi connectivity index (χ1v) is 8.99. The van der Waals surface area contributed by atoms with Gasteiger partial charge < -0.3 is 10.6 Å². The molecule has 1 aliphatic carbocycles. The molecule has 2 N–H and O–H groups in total. The molecular weight excluding hydrogens is 304 g/mol. The number of carbonyl (C=O) groups is 1. The summed E-state index contributed by atoms with van der Waals surface area (Å²) in [7, 11) is 0. The maximum absolute atomic E-state index is 12.1. The summed E-state index contributed by atoms with van der Waals surface area (Å²) >= 11 is 0. The molecule has 128 valence electrons. The summed E-state index contributed by atoms with van der Waals surface area (Å²) in [4.78, 5) is 21.1. The lowest BCUT2D eigenvalue weighted by Crippen LogP contribution is -2.32. The Bertz CT molecular complexity index is 715. The first-order chi connectivity index (χ1) is 11.8. The lowest BCUT2D eigenvalue weighted by atomic mass is 10.0.